The number of aliphatic hydroxyl groups excluding tert-OH is 2. The molecule has 0 amide bonds. The van der Waals surface area contributed by atoms with E-state index >= 15 is 0 Å². The maximum atomic E-state index is 11.0. The first-order valence-electron chi connectivity index (χ1n) is 6.10. The van der Waals surface area contributed by atoms with E-state index in [1.165, 1.54) is 12.7 Å². The van der Waals surface area contributed by atoms with Crippen LogP contribution in [0.1, 0.15) is 37.0 Å². The molecule has 0 heterocycles. The molecule has 4 nitrogen and oxygen atoms in total. The van der Waals surface area contributed by atoms with Gasteiger partial charge in [0.15, 0.2) is 0 Å². The molecule has 0 aliphatic carbocycles. The van der Waals surface area contributed by atoms with Crippen LogP contribution in [0.5, 0.6) is 0 Å². The Bertz CT molecular complexity index is 372. The molecule has 0 radical (unpaired) electrons. The molecule has 2 unspecified atom stereocenters. The van der Waals surface area contributed by atoms with Crippen molar-refractivity contribution in [1.82, 2.24) is 0 Å². The van der Waals surface area contributed by atoms with Crippen LogP contribution in [0.3, 0.4) is 0 Å². The lowest BCUT2D eigenvalue weighted by molar-refractivity contribution is -0.144. The summed E-state index contributed by atoms with van der Waals surface area (Å²) in [6, 6.07) is 7.39. The summed E-state index contributed by atoms with van der Waals surface area (Å²) in [5.41, 5.74) is 1.79. The standard InChI is InChI=1S/C14H20O4/c1-3-4-10-5-7-11(8-6-10)14(17)12(15)9-13(16)18-2/h5-8,12,14-15,17H,3-4,9H2,1-2H3. The number of hydrogen-bond acceptors (Lipinski definition) is 4. The quantitative estimate of drug-likeness (QED) is 0.755. The molecule has 0 saturated heterocycles. The van der Waals surface area contributed by atoms with Crippen LogP contribution in [-0.2, 0) is 16.0 Å². The molecule has 100 valence electrons. The Balaban J connectivity index is 2.65. The molecule has 0 spiro atoms. The number of carbonyl (C=O) groups is 1. The van der Waals surface area contributed by atoms with Gasteiger partial charge in [0.25, 0.3) is 0 Å². The van der Waals surface area contributed by atoms with Gasteiger partial charge >= 0.3 is 5.97 Å². The monoisotopic (exact) mass is 252 g/mol. The van der Waals surface area contributed by atoms with Crippen LogP contribution in [0.25, 0.3) is 0 Å². The summed E-state index contributed by atoms with van der Waals surface area (Å²) in [6.07, 6.45) is -0.378. The molecule has 2 N–H and O–H groups in total. The first kappa shape index (κ1) is 14.7. The molecule has 1 aromatic carbocycles. The minimum atomic E-state index is -1.14. The third-order valence-electron chi connectivity index (χ3n) is 2.83. The highest BCUT2D eigenvalue weighted by atomic mass is 16.5. The number of rotatable bonds is 6. The van der Waals surface area contributed by atoms with E-state index in [0.717, 1.165) is 12.8 Å². The minimum absolute atomic E-state index is 0.214. The summed E-state index contributed by atoms with van der Waals surface area (Å²) in [5.74, 6) is -0.538. The smallest absolute Gasteiger partial charge is 0.308 e. The van der Waals surface area contributed by atoms with Crippen molar-refractivity contribution in [3.05, 3.63) is 35.4 Å². The van der Waals surface area contributed by atoms with E-state index in [2.05, 4.69) is 11.7 Å². The predicted octanol–water partition coefficient (Wildman–Crippen LogP) is 1.60. The molecule has 18 heavy (non-hydrogen) atoms. The minimum Gasteiger partial charge on any atom is -0.469 e. The third-order valence-corrected chi connectivity index (χ3v) is 2.83. The Morgan fingerprint density at radius 2 is 1.89 bits per heavy atom. The molecule has 0 saturated carbocycles. The average molecular weight is 252 g/mol. The van der Waals surface area contributed by atoms with Gasteiger partial charge in [-0.15, -0.1) is 0 Å². The fourth-order valence-electron chi connectivity index (χ4n) is 1.76. The Hall–Kier alpha value is -1.39. The highest BCUT2D eigenvalue weighted by Gasteiger charge is 2.21. The topological polar surface area (TPSA) is 66.8 Å². The third kappa shape index (κ3) is 4.13. The molecule has 0 aliphatic rings. The van der Waals surface area contributed by atoms with Gasteiger partial charge in [0, 0.05) is 0 Å². The van der Waals surface area contributed by atoms with Crippen LogP contribution >= 0.6 is 0 Å². The van der Waals surface area contributed by atoms with Crippen LogP contribution in [0.4, 0.5) is 0 Å². The fourth-order valence-corrected chi connectivity index (χ4v) is 1.76. The molecule has 0 fully saturated rings. The largest absolute Gasteiger partial charge is 0.469 e. The van der Waals surface area contributed by atoms with Gasteiger partial charge in [-0.05, 0) is 17.5 Å². The van der Waals surface area contributed by atoms with Gasteiger partial charge in [0.2, 0.25) is 0 Å². The number of aryl methyl sites for hydroxylation is 1. The summed E-state index contributed by atoms with van der Waals surface area (Å²) in [5, 5.41) is 19.6. The van der Waals surface area contributed by atoms with Gasteiger partial charge < -0.3 is 14.9 Å². The molecule has 1 aromatic rings. The van der Waals surface area contributed by atoms with E-state index in [0.29, 0.717) is 5.56 Å². The lowest BCUT2D eigenvalue weighted by Crippen LogP contribution is -2.22. The zero-order valence-corrected chi connectivity index (χ0v) is 10.8. The molecule has 0 aromatic heterocycles. The first-order chi connectivity index (χ1) is 8.58. The van der Waals surface area contributed by atoms with Crippen LogP contribution in [0.15, 0.2) is 24.3 Å². The summed E-state index contributed by atoms with van der Waals surface area (Å²) in [4.78, 5) is 11.0. The summed E-state index contributed by atoms with van der Waals surface area (Å²) < 4.78 is 4.45. The molecule has 4 heteroatoms. The Kier molecular flexibility index (Phi) is 5.82. The van der Waals surface area contributed by atoms with Gasteiger partial charge in [0.1, 0.15) is 6.10 Å². The molecule has 0 bridgehead atoms. The molecule has 1 rings (SSSR count). The van der Waals surface area contributed by atoms with Gasteiger partial charge in [-0.1, -0.05) is 37.6 Å². The summed E-state index contributed by atoms with van der Waals surface area (Å²) >= 11 is 0. The van der Waals surface area contributed by atoms with E-state index in [-0.39, 0.29) is 6.42 Å². The number of esters is 1. The van der Waals surface area contributed by atoms with Crippen LogP contribution in [0, 0.1) is 0 Å². The second-order valence-corrected chi connectivity index (χ2v) is 4.28. The van der Waals surface area contributed by atoms with E-state index < -0.39 is 18.2 Å². The number of hydrogen-bond donors (Lipinski definition) is 2. The van der Waals surface area contributed by atoms with Gasteiger partial charge in [-0.2, -0.15) is 0 Å². The van der Waals surface area contributed by atoms with E-state index in [1.807, 2.05) is 12.1 Å². The Morgan fingerprint density at radius 3 is 2.39 bits per heavy atom. The maximum absolute atomic E-state index is 11.0. The highest BCUT2D eigenvalue weighted by Crippen LogP contribution is 2.20. The number of carbonyl (C=O) groups excluding carboxylic acids is 1. The maximum Gasteiger partial charge on any atom is 0.308 e. The second-order valence-electron chi connectivity index (χ2n) is 4.28. The number of benzene rings is 1. The zero-order valence-electron chi connectivity index (χ0n) is 10.8. The van der Waals surface area contributed by atoms with E-state index in [4.69, 9.17) is 0 Å². The lowest BCUT2D eigenvalue weighted by Gasteiger charge is -2.17. The van der Waals surface area contributed by atoms with Gasteiger partial charge in [-0.25, -0.2) is 0 Å². The number of ether oxygens (including phenoxy) is 1. The van der Waals surface area contributed by atoms with Crippen molar-refractivity contribution < 1.29 is 19.7 Å². The fraction of sp³-hybridized carbons (Fsp3) is 0.500. The van der Waals surface area contributed by atoms with Gasteiger partial charge in [0.05, 0.1) is 19.6 Å². The average Bonchev–Trinajstić information content (AvgIpc) is 2.39. The van der Waals surface area contributed by atoms with Crippen molar-refractivity contribution in [3.8, 4) is 0 Å². The van der Waals surface area contributed by atoms with Crippen molar-refractivity contribution in [1.29, 1.82) is 0 Å². The summed E-state index contributed by atoms with van der Waals surface area (Å²) in [6.45, 7) is 2.10. The molecular formula is C14H20O4. The highest BCUT2D eigenvalue weighted by molar-refractivity contribution is 5.69. The first-order valence-corrected chi connectivity index (χ1v) is 6.10. The normalized spacial score (nSPS) is 14.0. The Labute approximate surface area is 107 Å². The lowest BCUT2D eigenvalue weighted by atomic mass is 10.00. The zero-order chi connectivity index (χ0) is 13.5. The Morgan fingerprint density at radius 1 is 1.28 bits per heavy atom. The van der Waals surface area contributed by atoms with Gasteiger partial charge in [-0.3, -0.25) is 4.79 Å². The van der Waals surface area contributed by atoms with Crippen molar-refractivity contribution in [2.45, 2.75) is 38.4 Å². The van der Waals surface area contributed by atoms with Crippen LogP contribution in [-0.4, -0.2) is 29.4 Å². The molecular weight excluding hydrogens is 232 g/mol. The van der Waals surface area contributed by atoms with Crippen molar-refractivity contribution in [2.75, 3.05) is 7.11 Å². The van der Waals surface area contributed by atoms with Crippen molar-refractivity contribution >= 4 is 5.97 Å². The predicted molar refractivity (Wildman–Crippen MR) is 68.0 cm³/mol. The second kappa shape index (κ2) is 7.13. The van der Waals surface area contributed by atoms with Crippen molar-refractivity contribution in [2.24, 2.45) is 0 Å². The van der Waals surface area contributed by atoms with E-state index in [9.17, 15) is 15.0 Å². The van der Waals surface area contributed by atoms with Crippen molar-refractivity contribution in [3.63, 3.8) is 0 Å². The number of aliphatic hydroxyl groups is 2. The van der Waals surface area contributed by atoms with Crippen LogP contribution < -0.4 is 0 Å². The summed E-state index contributed by atoms with van der Waals surface area (Å²) in [7, 11) is 1.25. The van der Waals surface area contributed by atoms with Crippen LogP contribution in [0.2, 0.25) is 0 Å². The van der Waals surface area contributed by atoms with E-state index in [1.54, 1.807) is 12.1 Å². The molecule has 2 atom stereocenters. The number of methoxy groups -OCH3 is 1. The SMILES string of the molecule is CCCc1ccc(C(O)C(O)CC(=O)OC)cc1. The molecule has 0 aliphatic heterocycles.